The van der Waals surface area contributed by atoms with Gasteiger partial charge in [0, 0.05) is 21.3 Å². The number of hydrogen-bond acceptors (Lipinski definition) is 3. The Morgan fingerprint density at radius 3 is 2.89 bits per heavy atom. The minimum Gasteiger partial charge on any atom is -0.396 e. The summed E-state index contributed by atoms with van der Waals surface area (Å²) in [6.45, 7) is 0. The van der Waals surface area contributed by atoms with Crippen molar-refractivity contribution in [3.05, 3.63) is 38.1 Å². The normalized spacial score (nSPS) is 10.4. The number of amides is 1. The molecule has 1 aromatic heterocycles. The molecule has 2 aromatic rings. The van der Waals surface area contributed by atoms with E-state index in [0.717, 1.165) is 13.7 Å². The molecule has 0 radical (unpaired) electrons. The van der Waals surface area contributed by atoms with Crippen LogP contribution in [0.1, 0.15) is 10.5 Å². The standard InChI is InChI=1S/C11H10BrIN4O/c1-17-5-8(14)10(16-17)11(18)15-9-4-6(12)2-3-7(9)13/h2-5H,14H2,1H3,(H,15,18). The average Bonchev–Trinajstić information content (AvgIpc) is 2.63. The lowest BCUT2D eigenvalue weighted by Gasteiger charge is -2.06. The van der Waals surface area contributed by atoms with Crippen LogP contribution in [0.5, 0.6) is 0 Å². The number of hydrogen-bond donors (Lipinski definition) is 2. The van der Waals surface area contributed by atoms with Gasteiger partial charge in [-0.3, -0.25) is 9.48 Å². The van der Waals surface area contributed by atoms with Gasteiger partial charge in [0.15, 0.2) is 5.69 Å². The first-order valence-electron chi connectivity index (χ1n) is 5.03. The molecule has 1 heterocycles. The first-order valence-corrected chi connectivity index (χ1v) is 6.90. The SMILES string of the molecule is Cn1cc(N)c(C(=O)Nc2cc(Br)ccc2I)n1. The van der Waals surface area contributed by atoms with Gasteiger partial charge in [0.2, 0.25) is 0 Å². The molecule has 2 rings (SSSR count). The van der Waals surface area contributed by atoms with Crippen LogP contribution in [-0.4, -0.2) is 15.7 Å². The van der Waals surface area contributed by atoms with Crippen molar-refractivity contribution in [2.75, 3.05) is 11.1 Å². The van der Waals surface area contributed by atoms with Crippen LogP contribution in [0, 0.1) is 3.57 Å². The molecule has 0 spiro atoms. The Hall–Kier alpha value is -1.09. The van der Waals surface area contributed by atoms with E-state index in [4.69, 9.17) is 5.73 Å². The Kier molecular flexibility index (Phi) is 3.91. The summed E-state index contributed by atoms with van der Waals surface area (Å²) < 4.78 is 3.35. The van der Waals surface area contributed by atoms with Crippen LogP contribution in [0.25, 0.3) is 0 Å². The Bertz CT molecular complexity index is 611. The average molecular weight is 421 g/mol. The zero-order chi connectivity index (χ0) is 13.3. The number of nitrogens with zero attached hydrogens (tertiary/aromatic N) is 2. The van der Waals surface area contributed by atoms with Gasteiger partial charge in [0.05, 0.1) is 11.4 Å². The van der Waals surface area contributed by atoms with Crippen LogP contribution in [-0.2, 0) is 7.05 Å². The second-order valence-electron chi connectivity index (χ2n) is 3.69. The van der Waals surface area contributed by atoms with Gasteiger partial charge in [-0.25, -0.2) is 0 Å². The Morgan fingerprint density at radius 1 is 1.56 bits per heavy atom. The summed E-state index contributed by atoms with van der Waals surface area (Å²) in [5.74, 6) is -0.316. The summed E-state index contributed by atoms with van der Waals surface area (Å²) in [6, 6.07) is 5.65. The van der Waals surface area contributed by atoms with E-state index in [1.54, 1.807) is 13.2 Å². The third-order valence-corrected chi connectivity index (χ3v) is 3.68. The van der Waals surface area contributed by atoms with Crippen molar-refractivity contribution in [1.82, 2.24) is 9.78 Å². The van der Waals surface area contributed by atoms with E-state index >= 15 is 0 Å². The van der Waals surface area contributed by atoms with Gasteiger partial charge in [-0.15, -0.1) is 0 Å². The molecule has 0 bridgehead atoms. The highest BCUT2D eigenvalue weighted by Gasteiger charge is 2.15. The maximum atomic E-state index is 12.0. The number of aromatic nitrogens is 2. The third-order valence-electron chi connectivity index (χ3n) is 2.25. The van der Waals surface area contributed by atoms with Crippen LogP contribution in [0.3, 0.4) is 0 Å². The van der Waals surface area contributed by atoms with Crippen molar-refractivity contribution in [1.29, 1.82) is 0 Å². The lowest BCUT2D eigenvalue weighted by Crippen LogP contribution is -2.15. The number of nitrogen functional groups attached to an aromatic ring is 1. The van der Waals surface area contributed by atoms with Crippen molar-refractivity contribution in [3.8, 4) is 0 Å². The lowest BCUT2D eigenvalue weighted by molar-refractivity contribution is 0.102. The van der Waals surface area contributed by atoms with Crippen LogP contribution in [0.2, 0.25) is 0 Å². The largest absolute Gasteiger partial charge is 0.396 e. The van der Waals surface area contributed by atoms with Gasteiger partial charge in [-0.2, -0.15) is 5.10 Å². The number of nitrogens with two attached hydrogens (primary N) is 1. The van der Waals surface area contributed by atoms with E-state index in [1.807, 2.05) is 18.2 Å². The predicted molar refractivity (Wildman–Crippen MR) is 82.4 cm³/mol. The molecule has 0 saturated heterocycles. The summed E-state index contributed by atoms with van der Waals surface area (Å²) in [4.78, 5) is 12.0. The number of nitrogens with one attached hydrogen (secondary N) is 1. The van der Waals surface area contributed by atoms with Crippen LogP contribution >= 0.6 is 38.5 Å². The number of benzene rings is 1. The number of carbonyl (C=O) groups excluding carboxylic acids is 1. The summed E-state index contributed by atoms with van der Waals surface area (Å²) in [6.07, 6.45) is 1.60. The van der Waals surface area contributed by atoms with E-state index in [0.29, 0.717) is 5.69 Å². The molecule has 0 aliphatic rings. The smallest absolute Gasteiger partial charge is 0.278 e. The van der Waals surface area contributed by atoms with Gasteiger partial charge in [-0.05, 0) is 40.8 Å². The number of carbonyl (C=O) groups is 1. The van der Waals surface area contributed by atoms with Crippen molar-refractivity contribution in [2.45, 2.75) is 0 Å². The molecule has 1 amide bonds. The van der Waals surface area contributed by atoms with E-state index in [1.165, 1.54) is 4.68 Å². The molecule has 0 unspecified atom stereocenters. The molecule has 0 atom stereocenters. The molecular weight excluding hydrogens is 411 g/mol. The summed E-state index contributed by atoms with van der Waals surface area (Å²) >= 11 is 5.51. The van der Waals surface area contributed by atoms with E-state index in [-0.39, 0.29) is 11.6 Å². The van der Waals surface area contributed by atoms with Crippen molar-refractivity contribution >= 4 is 55.8 Å². The van der Waals surface area contributed by atoms with E-state index in [2.05, 4.69) is 48.9 Å². The Balaban J connectivity index is 2.26. The first-order chi connectivity index (χ1) is 8.47. The highest BCUT2D eigenvalue weighted by molar-refractivity contribution is 14.1. The molecule has 18 heavy (non-hydrogen) atoms. The maximum absolute atomic E-state index is 12.0. The molecule has 3 N–H and O–H groups in total. The summed E-state index contributed by atoms with van der Waals surface area (Å²) in [7, 11) is 1.72. The van der Waals surface area contributed by atoms with Gasteiger partial charge < -0.3 is 11.1 Å². The number of rotatable bonds is 2. The van der Waals surface area contributed by atoms with Gasteiger partial charge >= 0.3 is 0 Å². The quantitative estimate of drug-likeness (QED) is 0.733. The third kappa shape index (κ3) is 2.83. The van der Waals surface area contributed by atoms with Crippen molar-refractivity contribution in [3.63, 3.8) is 0 Å². The number of anilines is 2. The fraction of sp³-hybridized carbons (Fsp3) is 0.0909. The van der Waals surface area contributed by atoms with Crippen molar-refractivity contribution < 1.29 is 4.79 Å². The topological polar surface area (TPSA) is 72.9 Å². The fourth-order valence-electron chi connectivity index (χ4n) is 1.46. The van der Waals surface area contributed by atoms with Crippen LogP contribution in [0.15, 0.2) is 28.9 Å². The molecule has 0 saturated carbocycles. The number of aryl methyl sites for hydroxylation is 1. The minimum absolute atomic E-state index is 0.230. The lowest BCUT2D eigenvalue weighted by atomic mass is 10.3. The molecule has 0 aliphatic heterocycles. The Morgan fingerprint density at radius 2 is 2.28 bits per heavy atom. The summed E-state index contributed by atoms with van der Waals surface area (Å²) in [5, 5.41) is 6.81. The molecule has 94 valence electrons. The van der Waals surface area contributed by atoms with Gasteiger partial charge in [0.25, 0.3) is 5.91 Å². The highest BCUT2D eigenvalue weighted by atomic mass is 127. The molecule has 7 heteroatoms. The first kappa shape index (κ1) is 13.3. The summed E-state index contributed by atoms with van der Waals surface area (Å²) in [5.41, 5.74) is 7.02. The van der Waals surface area contributed by atoms with Crippen LogP contribution in [0.4, 0.5) is 11.4 Å². The van der Waals surface area contributed by atoms with Crippen molar-refractivity contribution in [2.24, 2.45) is 7.05 Å². The number of halogens is 2. The van der Waals surface area contributed by atoms with Gasteiger partial charge in [0.1, 0.15) is 0 Å². The maximum Gasteiger partial charge on any atom is 0.278 e. The van der Waals surface area contributed by atoms with E-state index in [9.17, 15) is 4.79 Å². The fourth-order valence-corrected chi connectivity index (χ4v) is 2.29. The predicted octanol–water partition coefficient (Wildman–Crippen LogP) is 2.62. The minimum atomic E-state index is -0.316. The second kappa shape index (κ2) is 5.27. The molecule has 0 aliphatic carbocycles. The zero-order valence-corrected chi connectivity index (χ0v) is 13.2. The van der Waals surface area contributed by atoms with Gasteiger partial charge in [-0.1, -0.05) is 15.9 Å². The zero-order valence-electron chi connectivity index (χ0n) is 9.45. The second-order valence-corrected chi connectivity index (χ2v) is 5.76. The highest BCUT2D eigenvalue weighted by Crippen LogP contribution is 2.23. The molecule has 1 aromatic carbocycles. The van der Waals surface area contributed by atoms with E-state index < -0.39 is 0 Å². The van der Waals surface area contributed by atoms with Crippen LogP contribution < -0.4 is 11.1 Å². The monoisotopic (exact) mass is 420 g/mol. The Labute approximate surface area is 126 Å². The molecule has 0 fully saturated rings. The molecular formula is C11H10BrIN4O. The molecule has 5 nitrogen and oxygen atoms in total.